The maximum absolute atomic E-state index is 12.6. The van der Waals surface area contributed by atoms with Gasteiger partial charge in [0.1, 0.15) is 0 Å². The van der Waals surface area contributed by atoms with E-state index >= 15 is 0 Å². The van der Waals surface area contributed by atoms with Crippen molar-refractivity contribution in [2.75, 3.05) is 13.2 Å². The second-order valence-corrected chi connectivity index (χ2v) is 27.0. The number of ether oxygens (including phenoxy) is 1. The zero-order valence-electron chi connectivity index (χ0n) is 57.4. The van der Waals surface area contributed by atoms with E-state index in [1.807, 2.05) is 0 Å². The van der Waals surface area contributed by atoms with Crippen molar-refractivity contribution in [3.05, 3.63) is 12.2 Å². The number of aliphatic hydroxyl groups is 2. The van der Waals surface area contributed by atoms with E-state index in [1.165, 1.54) is 379 Å². The molecule has 6 heteroatoms. The number of rotatable bonds is 74. The largest absolute Gasteiger partial charge is 0.466 e. The molecule has 0 aliphatic rings. The quantitative estimate of drug-likeness (QED) is 0.0320. The van der Waals surface area contributed by atoms with E-state index in [4.69, 9.17) is 4.74 Å². The molecule has 0 aliphatic carbocycles. The number of amides is 1. The molecule has 1 amide bonds. The van der Waals surface area contributed by atoms with E-state index in [9.17, 15) is 19.8 Å². The first-order valence-electron chi connectivity index (χ1n) is 38.9. The van der Waals surface area contributed by atoms with Crippen LogP contribution in [-0.2, 0) is 14.3 Å². The highest BCUT2D eigenvalue weighted by molar-refractivity contribution is 5.76. The summed E-state index contributed by atoms with van der Waals surface area (Å²) < 4.78 is 5.50. The first-order chi connectivity index (χ1) is 41.5. The van der Waals surface area contributed by atoms with Gasteiger partial charge in [-0.1, -0.05) is 398 Å². The Morgan fingerprint density at radius 1 is 0.321 bits per heavy atom. The predicted molar refractivity (Wildman–Crippen MR) is 370 cm³/mol. The van der Waals surface area contributed by atoms with Crippen molar-refractivity contribution in [3.63, 3.8) is 0 Å². The molecule has 0 aliphatic heterocycles. The van der Waals surface area contributed by atoms with Crippen molar-refractivity contribution in [2.45, 2.75) is 463 Å². The average Bonchev–Trinajstić information content (AvgIpc) is 3.51. The fraction of sp³-hybridized carbons (Fsp3) is 0.949. The lowest BCUT2D eigenvalue weighted by Gasteiger charge is -2.22. The molecule has 0 radical (unpaired) electrons. The Morgan fingerprint density at radius 3 is 0.845 bits per heavy atom. The normalized spacial score (nSPS) is 12.5. The van der Waals surface area contributed by atoms with Gasteiger partial charge in [0.25, 0.3) is 0 Å². The molecule has 0 spiro atoms. The molecule has 0 saturated heterocycles. The molecular weight excluding hydrogens is 1030 g/mol. The van der Waals surface area contributed by atoms with Crippen LogP contribution in [-0.4, -0.2) is 47.4 Å². The minimum atomic E-state index is -0.665. The Kier molecular flexibility index (Phi) is 72.8. The standard InChI is InChI=1S/C78H153NO5/c1-3-5-7-9-11-13-15-17-19-20-21-22-23-28-31-34-37-40-43-46-50-54-58-62-66-70-76(81)75(74-80)79-77(82)71-67-63-59-55-51-47-44-41-38-35-32-29-26-24-25-27-30-33-36-39-42-45-49-53-57-61-65-69-73-84-78(83)72-68-64-60-56-52-48-18-16-14-12-10-8-6-4-2/h24-25,75-76,80-81H,3-23,26-74H2,1-2H3,(H,79,82)/b25-24-. The van der Waals surface area contributed by atoms with Crippen molar-refractivity contribution in [2.24, 2.45) is 0 Å². The lowest BCUT2D eigenvalue weighted by Crippen LogP contribution is -2.45. The van der Waals surface area contributed by atoms with Gasteiger partial charge in [-0.3, -0.25) is 9.59 Å². The van der Waals surface area contributed by atoms with Gasteiger partial charge in [-0.05, 0) is 51.4 Å². The number of carbonyl (C=O) groups is 2. The smallest absolute Gasteiger partial charge is 0.305 e. The van der Waals surface area contributed by atoms with Crippen LogP contribution in [0, 0.1) is 0 Å². The van der Waals surface area contributed by atoms with Gasteiger partial charge in [0.05, 0.1) is 25.4 Å². The molecule has 2 unspecified atom stereocenters. The van der Waals surface area contributed by atoms with Gasteiger partial charge >= 0.3 is 5.97 Å². The summed E-state index contributed by atoms with van der Waals surface area (Å²) in [4.78, 5) is 24.6. The third-order valence-corrected chi connectivity index (χ3v) is 18.6. The second kappa shape index (κ2) is 74.1. The van der Waals surface area contributed by atoms with E-state index in [0.29, 0.717) is 25.9 Å². The van der Waals surface area contributed by atoms with Gasteiger partial charge in [0, 0.05) is 12.8 Å². The van der Waals surface area contributed by atoms with Gasteiger partial charge in [-0.2, -0.15) is 0 Å². The molecular formula is C78H153NO5. The van der Waals surface area contributed by atoms with Crippen LogP contribution in [0.2, 0.25) is 0 Å². The van der Waals surface area contributed by atoms with Crippen LogP contribution < -0.4 is 5.32 Å². The van der Waals surface area contributed by atoms with E-state index in [2.05, 4.69) is 31.3 Å². The summed E-state index contributed by atoms with van der Waals surface area (Å²) in [5.74, 6) is -0.00933. The highest BCUT2D eigenvalue weighted by Crippen LogP contribution is 2.20. The van der Waals surface area contributed by atoms with E-state index in [-0.39, 0.29) is 18.5 Å². The zero-order valence-corrected chi connectivity index (χ0v) is 57.4. The van der Waals surface area contributed by atoms with Gasteiger partial charge in [-0.25, -0.2) is 0 Å². The number of aliphatic hydroxyl groups excluding tert-OH is 2. The third kappa shape index (κ3) is 69.7. The summed E-state index contributed by atoms with van der Waals surface area (Å²) in [6.07, 6.45) is 92.9. The molecule has 84 heavy (non-hydrogen) atoms. The molecule has 6 nitrogen and oxygen atoms in total. The maximum Gasteiger partial charge on any atom is 0.305 e. The highest BCUT2D eigenvalue weighted by Gasteiger charge is 2.20. The zero-order chi connectivity index (χ0) is 60.6. The first-order valence-corrected chi connectivity index (χ1v) is 38.9. The summed E-state index contributed by atoms with van der Waals surface area (Å²) >= 11 is 0. The molecule has 0 fully saturated rings. The van der Waals surface area contributed by atoms with Crippen molar-refractivity contribution in [3.8, 4) is 0 Å². The van der Waals surface area contributed by atoms with Gasteiger partial charge in [0.15, 0.2) is 0 Å². The lowest BCUT2D eigenvalue weighted by molar-refractivity contribution is -0.143. The minimum absolute atomic E-state index is 0.0195. The van der Waals surface area contributed by atoms with E-state index in [1.54, 1.807) is 0 Å². The van der Waals surface area contributed by atoms with E-state index in [0.717, 1.165) is 38.5 Å². The molecule has 0 saturated carbocycles. The Hall–Kier alpha value is -1.40. The molecule has 2 atom stereocenters. The van der Waals surface area contributed by atoms with Crippen LogP contribution >= 0.6 is 0 Å². The molecule has 500 valence electrons. The van der Waals surface area contributed by atoms with Gasteiger partial charge in [0.2, 0.25) is 5.91 Å². The lowest BCUT2D eigenvalue weighted by atomic mass is 10.0. The third-order valence-electron chi connectivity index (χ3n) is 18.6. The summed E-state index contributed by atoms with van der Waals surface area (Å²) in [7, 11) is 0. The Balaban J connectivity index is 3.37. The van der Waals surface area contributed by atoms with Crippen LogP contribution in [0.25, 0.3) is 0 Å². The molecule has 0 aromatic rings. The molecule has 3 N–H and O–H groups in total. The first kappa shape index (κ1) is 82.6. The van der Waals surface area contributed by atoms with E-state index < -0.39 is 12.1 Å². The topological polar surface area (TPSA) is 95.9 Å². The SMILES string of the molecule is CCCCCCCCCCCCCCCCCCCCCCCCCCCC(O)C(CO)NC(=O)CCCCCCCCCCCCCC/C=C\CCCCCCCCCCCCCCOC(=O)CCCCCCCCCCCCCCCC. The van der Waals surface area contributed by atoms with Crippen molar-refractivity contribution >= 4 is 11.9 Å². The summed E-state index contributed by atoms with van der Waals surface area (Å²) in [5, 5.41) is 23.5. The fourth-order valence-corrected chi connectivity index (χ4v) is 12.6. The molecule has 0 aromatic carbocycles. The van der Waals surface area contributed by atoms with Crippen LogP contribution in [0.4, 0.5) is 0 Å². The molecule has 0 rings (SSSR count). The number of carbonyl (C=O) groups excluding carboxylic acids is 2. The molecule has 0 heterocycles. The van der Waals surface area contributed by atoms with Crippen LogP contribution in [0.5, 0.6) is 0 Å². The van der Waals surface area contributed by atoms with Crippen LogP contribution in [0.15, 0.2) is 12.2 Å². The maximum atomic E-state index is 12.6. The summed E-state index contributed by atoms with van der Waals surface area (Å²) in [6, 6.07) is -0.542. The summed E-state index contributed by atoms with van der Waals surface area (Å²) in [6.45, 7) is 5.01. The molecule has 0 bridgehead atoms. The Labute approximate surface area is 527 Å². The predicted octanol–water partition coefficient (Wildman–Crippen LogP) is 25.5. The average molecular weight is 1190 g/mol. The van der Waals surface area contributed by atoms with Crippen LogP contribution in [0.3, 0.4) is 0 Å². The van der Waals surface area contributed by atoms with Gasteiger partial charge in [-0.15, -0.1) is 0 Å². The van der Waals surface area contributed by atoms with Crippen molar-refractivity contribution in [1.29, 1.82) is 0 Å². The van der Waals surface area contributed by atoms with Crippen molar-refractivity contribution < 1.29 is 24.5 Å². The van der Waals surface area contributed by atoms with Gasteiger partial charge < -0.3 is 20.3 Å². The highest BCUT2D eigenvalue weighted by atomic mass is 16.5. The van der Waals surface area contributed by atoms with Crippen molar-refractivity contribution in [1.82, 2.24) is 5.32 Å². The summed E-state index contributed by atoms with van der Waals surface area (Å²) in [5.41, 5.74) is 0. The number of hydrogen-bond acceptors (Lipinski definition) is 5. The minimum Gasteiger partial charge on any atom is -0.466 e. The number of allylic oxidation sites excluding steroid dienone is 2. The van der Waals surface area contributed by atoms with Crippen LogP contribution in [0.1, 0.15) is 450 Å². The number of unbranched alkanes of at least 4 members (excludes halogenated alkanes) is 61. The number of esters is 1. The Bertz CT molecular complexity index is 1270. The monoisotopic (exact) mass is 1180 g/mol. The number of nitrogens with one attached hydrogen (secondary N) is 1. The molecule has 0 aromatic heterocycles. The Morgan fingerprint density at radius 2 is 0.560 bits per heavy atom. The fourth-order valence-electron chi connectivity index (χ4n) is 12.6. The second-order valence-electron chi connectivity index (χ2n) is 27.0. The number of hydrogen-bond donors (Lipinski definition) is 3.